The third kappa shape index (κ3) is 3.68. The van der Waals surface area contributed by atoms with Crippen LogP contribution in [0.2, 0.25) is 0 Å². The smallest absolute Gasteiger partial charge is 0.325 e. The van der Waals surface area contributed by atoms with Gasteiger partial charge >= 0.3 is 5.69 Å². The third-order valence-corrected chi connectivity index (χ3v) is 1.96. The van der Waals surface area contributed by atoms with Crippen LogP contribution in [0.1, 0.15) is 17.7 Å². The van der Waals surface area contributed by atoms with Crippen molar-refractivity contribution in [2.75, 3.05) is 6.54 Å². The summed E-state index contributed by atoms with van der Waals surface area (Å²) in [6.45, 7) is 2.04. The Bertz CT molecular complexity index is 542. The van der Waals surface area contributed by atoms with Crippen molar-refractivity contribution >= 4 is 12.1 Å². The first-order valence-corrected chi connectivity index (χ1v) is 4.99. The van der Waals surface area contributed by atoms with Gasteiger partial charge in [0.2, 0.25) is 5.91 Å². The van der Waals surface area contributed by atoms with Gasteiger partial charge in [0, 0.05) is 5.69 Å². The molecule has 6 N–H and O–H groups in total. The Morgan fingerprint density at radius 1 is 1.47 bits per heavy atom. The maximum Gasteiger partial charge on any atom is 0.325 e. The molecule has 0 aliphatic rings. The number of hydrogen-bond acceptors (Lipinski definition) is 4. The highest BCUT2D eigenvalue weighted by Crippen LogP contribution is 1.89. The van der Waals surface area contributed by atoms with Crippen molar-refractivity contribution in [1.29, 1.82) is 0 Å². The number of aromatic amines is 2. The minimum atomic E-state index is -0.578. The van der Waals surface area contributed by atoms with Crippen LogP contribution in [0, 0.1) is 6.92 Å². The molecule has 0 aliphatic carbocycles. The fourth-order valence-corrected chi connectivity index (χ4v) is 1.15. The molecule has 0 radical (unpaired) electrons. The summed E-state index contributed by atoms with van der Waals surface area (Å²) in [5.74, 6) is -0.283. The molecule has 1 rings (SSSR count). The van der Waals surface area contributed by atoms with Gasteiger partial charge in [-0.25, -0.2) is 10.2 Å². The van der Waals surface area contributed by atoms with Gasteiger partial charge in [0.15, 0.2) is 0 Å². The van der Waals surface area contributed by atoms with E-state index in [1.54, 1.807) is 6.92 Å². The van der Waals surface area contributed by atoms with Gasteiger partial charge in [-0.05, 0) is 6.92 Å². The van der Waals surface area contributed by atoms with Crippen LogP contribution in [0.15, 0.2) is 14.7 Å². The standard InChI is InChI=1S/C9H13N5O3/c1-5-6(8(16)13-9(17)12-5)4-11-14-7(15)2-3-10/h4H,2-3,10H2,1H3,(H,14,15)(H2,12,13,16,17)/p+1/b11-4+. The first-order valence-electron chi connectivity index (χ1n) is 4.99. The molecule has 0 saturated carbocycles. The molecule has 0 atom stereocenters. The predicted octanol–water partition coefficient (Wildman–Crippen LogP) is -2.55. The van der Waals surface area contributed by atoms with Gasteiger partial charge in [-0.2, -0.15) is 5.10 Å². The largest absolute Gasteiger partial charge is 0.357 e. The van der Waals surface area contributed by atoms with E-state index in [1.165, 1.54) is 6.21 Å². The van der Waals surface area contributed by atoms with Gasteiger partial charge in [0.1, 0.15) is 0 Å². The van der Waals surface area contributed by atoms with Crippen LogP contribution < -0.4 is 22.4 Å². The lowest BCUT2D eigenvalue weighted by atomic mass is 10.2. The molecule has 0 bridgehead atoms. The average Bonchev–Trinajstić information content (AvgIpc) is 2.22. The summed E-state index contributed by atoms with van der Waals surface area (Å²) in [5.41, 5.74) is 5.21. The maximum atomic E-state index is 11.4. The zero-order chi connectivity index (χ0) is 12.8. The Kier molecular flexibility index (Phi) is 4.35. The number of quaternary nitrogens is 1. The summed E-state index contributed by atoms with van der Waals surface area (Å²) in [5, 5.41) is 3.62. The average molecular weight is 240 g/mol. The van der Waals surface area contributed by atoms with Crippen LogP contribution in [0.4, 0.5) is 0 Å². The second-order valence-electron chi connectivity index (χ2n) is 3.34. The summed E-state index contributed by atoms with van der Waals surface area (Å²) in [6.07, 6.45) is 1.45. The molecule has 1 amide bonds. The molecule has 1 aromatic heterocycles. The van der Waals surface area contributed by atoms with Crippen molar-refractivity contribution < 1.29 is 10.5 Å². The van der Waals surface area contributed by atoms with E-state index < -0.39 is 11.2 Å². The van der Waals surface area contributed by atoms with E-state index in [1.807, 2.05) is 0 Å². The molecule has 1 aromatic rings. The van der Waals surface area contributed by atoms with Gasteiger partial charge in [-0.1, -0.05) is 0 Å². The highest BCUT2D eigenvalue weighted by Gasteiger charge is 2.03. The fourth-order valence-electron chi connectivity index (χ4n) is 1.15. The molecule has 0 saturated heterocycles. The molecule has 0 aromatic carbocycles. The second kappa shape index (κ2) is 5.75. The van der Waals surface area contributed by atoms with Gasteiger partial charge in [-0.15, -0.1) is 0 Å². The van der Waals surface area contributed by atoms with E-state index in [0.29, 0.717) is 12.2 Å². The number of carbonyl (C=O) groups excluding carboxylic acids is 1. The number of hydrogen-bond donors (Lipinski definition) is 4. The number of amides is 1. The van der Waals surface area contributed by atoms with E-state index in [4.69, 9.17) is 0 Å². The second-order valence-corrected chi connectivity index (χ2v) is 3.34. The van der Waals surface area contributed by atoms with Crippen LogP contribution in [0.5, 0.6) is 0 Å². The number of aryl methyl sites for hydroxylation is 1. The number of nitrogens with one attached hydrogen (secondary N) is 3. The number of H-pyrrole nitrogens is 2. The highest BCUT2D eigenvalue weighted by atomic mass is 16.2. The molecule has 92 valence electrons. The number of carbonyl (C=O) groups is 1. The van der Waals surface area contributed by atoms with Gasteiger partial charge in [-0.3, -0.25) is 14.6 Å². The summed E-state index contributed by atoms with van der Waals surface area (Å²) < 4.78 is 0. The molecule has 0 fully saturated rings. The lowest BCUT2D eigenvalue weighted by Crippen LogP contribution is -2.51. The highest BCUT2D eigenvalue weighted by molar-refractivity contribution is 5.82. The topological polar surface area (TPSA) is 135 Å². The number of rotatable bonds is 4. The van der Waals surface area contributed by atoms with Crippen molar-refractivity contribution in [1.82, 2.24) is 15.4 Å². The normalized spacial score (nSPS) is 10.7. The molecule has 1 heterocycles. The number of nitrogens with zero attached hydrogens (tertiary/aromatic N) is 1. The zero-order valence-corrected chi connectivity index (χ0v) is 9.37. The summed E-state index contributed by atoms with van der Waals surface area (Å²) in [7, 11) is 0. The first-order chi connectivity index (χ1) is 8.04. The van der Waals surface area contributed by atoms with Crippen LogP contribution >= 0.6 is 0 Å². The monoisotopic (exact) mass is 240 g/mol. The molecule has 17 heavy (non-hydrogen) atoms. The molecule has 0 spiro atoms. The van der Waals surface area contributed by atoms with E-state index in [9.17, 15) is 14.4 Å². The fraction of sp³-hybridized carbons (Fsp3) is 0.333. The van der Waals surface area contributed by atoms with E-state index >= 15 is 0 Å². The van der Waals surface area contributed by atoms with Gasteiger partial charge < -0.3 is 10.7 Å². The summed E-state index contributed by atoms with van der Waals surface area (Å²) in [4.78, 5) is 37.8. The Balaban J connectivity index is 2.82. The molecular formula is C9H14N5O3+. The van der Waals surface area contributed by atoms with Crippen molar-refractivity contribution in [2.45, 2.75) is 13.3 Å². The Morgan fingerprint density at radius 2 is 2.18 bits per heavy atom. The lowest BCUT2D eigenvalue weighted by molar-refractivity contribution is -0.366. The van der Waals surface area contributed by atoms with Crippen molar-refractivity contribution in [3.8, 4) is 0 Å². The SMILES string of the molecule is Cc1[nH]c(=O)[nH]c(=O)c1/C=N/NC(=O)CC[NH3+]. The lowest BCUT2D eigenvalue weighted by Gasteiger charge is -1.98. The Labute approximate surface area is 95.9 Å². The molecule has 8 heteroatoms. The number of hydrazone groups is 1. The van der Waals surface area contributed by atoms with Crippen LogP contribution in [-0.2, 0) is 4.79 Å². The van der Waals surface area contributed by atoms with E-state index in [0.717, 1.165) is 0 Å². The van der Waals surface area contributed by atoms with Crippen molar-refractivity contribution in [3.63, 3.8) is 0 Å². The number of aromatic nitrogens is 2. The van der Waals surface area contributed by atoms with E-state index in [2.05, 4.69) is 26.2 Å². The summed E-state index contributed by atoms with van der Waals surface area (Å²) in [6, 6.07) is 0. The van der Waals surface area contributed by atoms with Crippen molar-refractivity contribution in [3.05, 3.63) is 32.1 Å². The van der Waals surface area contributed by atoms with Crippen molar-refractivity contribution in [2.24, 2.45) is 5.10 Å². The Morgan fingerprint density at radius 3 is 2.76 bits per heavy atom. The van der Waals surface area contributed by atoms with E-state index in [-0.39, 0.29) is 17.9 Å². The quantitative estimate of drug-likeness (QED) is 0.341. The Hall–Kier alpha value is -2.22. The summed E-state index contributed by atoms with van der Waals surface area (Å²) >= 11 is 0. The molecule has 0 aliphatic heterocycles. The minimum Gasteiger partial charge on any atom is -0.357 e. The maximum absolute atomic E-state index is 11.4. The zero-order valence-electron chi connectivity index (χ0n) is 9.37. The predicted molar refractivity (Wildman–Crippen MR) is 60.5 cm³/mol. The third-order valence-electron chi connectivity index (χ3n) is 1.96. The molecule has 8 nitrogen and oxygen atoms in total. The van der Waals surface area contributed by atoms with Gasteiger partial charge in [0.25, 0.3) is 5.56 Å². The first kappa shape index (κ1) is 12.8. The minimum absolute atomic E-state index is 0.194. The molecule has 0 unspecified atom stereocenters. The molecular weight excluding hydrogens is 226 g/mol. The van der Waals surface area contributed by atoms with Crippen LogP contribution in [-0.4, -0.2) is 28.6 Å². The van der Waals surface area contributed by atoms with Crippen LogP contribution in [0.25, 0.3) is 0 Å². The van der Waals surface area contributed by atoms with Gasteiger partial charge in [0.05, 0.1) is 24.7 Å². The van der Waals surface area contributed by atoms with Crippen LogP contribution in [0.3, 0.4) is 0 Å².